The van der Waals surface area contributed by atoms with Gasteiger partial charge in [-0.25, -0.2) is 8.78 Å². The first-order valence-electron chi connectivity index (χ1n) is 5.72. The van der Waals surface area contributed by atoms with Gasteiger partial charge in [0.25, 0.3) is 0 Å². The SMILES string of the molecule is COc1cccc(Cl)c1CNc1cc(F)c(Br)cc1F. The van der Waals surface area contributed by atoms with Gasteiger partial charge in [0.2, 0.25) is 0 Å². The molecule has 0 spiro atoms. The summed E-state index contributed by atoms with van der Waals surface area (Å²) in [5.41, 5.74) is 0.743. The van der Waals surface area contributed by atoms with E-state index >= 15 is 0 Å². The van der Waals surface area contributed by atoms with Crippen molar-refractivity contribution < 1.29 is 13.5 Å². The Morgan fingerprint density at radius 3 is 2.70 bits per heavy atom. The number of anilines is 1. The van der Waals surface area contributed by atoms with E-state index in [2.05, 4.69) is 21.2 Å². The third-order valence-electron chi connectivity index (χ3n) is 2.76. The summed E-state index contributed by atoms with van der Waals surface area (Å²) in [6, 6.07) is 7.37. The van der Waals surface area contributed by atoms with Crippen LogP contribution in [-0.2, 0) is 6.54 Å². The van der Waals surface area contributed by atoms with E-state index in [4.69, 9.17) is 16.3 Å². The summed E-state index contributed by atoms with van der Waals surface area (Å²) in [7, 11) is 1.52. The molecule has 0 heterocycles. The Morgan fingerprint density at radius 2 is 2.00 bits per heavy atom. The lowest BCUT2D eigenvalue weighted by atomic mass is 10.2. The number of hydrogen-bond donors (Lipinski definition) is 1. The molecule has 6 heteroatoms. The third-order valence-corrected chi connectivity index (χ3v) is 3.72. The highest BCUT2D eigenvalue weighted by molar-refractivity contribution is 9.10. The predicted molar refractivity (Wildman–Crippen MR) is 79.4 cm³/mol. The van der Waals surface area contributed by atoms with Gasteiger partial charge in [0.1, 0.15) is 17.4 Å². The third kappa shape index (κ3) is 3.22. The van der Waals surface area contributed by atoms with Crippen molar-refractivity contribution in [2.45, 2.75) is 6.54 Å². The summed E-state index contributed by atoms with van der Waals surface area (Å²) in [5.74, 6) is -0.507. The van der Waals surface area contributed by atoms with Crippen molar-refractivity contribution in [3.05, 3.63) is 57.0 Å². The molecule has 2 aromatic carbocycles. The molecule has 2 aromatic rings. The monoisotopic (exact) mass is 361 g/mol. The first-order chi connectivity index (χ1) is 9.52. The average Bonchev–Trinajstić information content (AvgIpc) is 2.42. The van der Waals surface area contributed by atoms with Crippen LogP contribution in [0.25, 0.3) is 0 Å². The summed E-state index contributed by atoms with van der Waals surface area (Å²) in [4.78, 5) is 0. The van der Waals surface area contributed by atoms with Crippen LogP contribution in [0.5, 0.6) is 5.75 Å². The van der Waals surface area contributed by atoms with Crippen LogP contribution >= 0.6 is 27.5 Å². The Kier molecular flexibility index (Phi) is 4.83. The first kappa shape index (κ1) is 15.1. The Bertz CT molecular complexity index is 637. The topological polar surface area (TPSA) is 21.3 Å². The van der Waals surface area contributed by atoms with E-state index in [-0.39, 0.29) is 16.7 Å². The molecule has 0 atom stereocenters. The smallest absolute Gasteiger partial charge is 0.147 e. The van der Waals surface area contributed by atoms with Crippen LogP contribution in [0.2, 0.25) is 5.02 Å². The van der Waals surface area contributed by atoms with Crippen LogP contribution in [0.3, 0.4) is 0 Å². The fraction of sp³-hybridized carbons (Fsp3) is 0.143. The Morgan fingerprint density at radius 1 is 1.25 bits per heavy atom. The van der Waals surface area contributed by atoms with Crippen molar-refractivity contribution in [2.75, 3.05) is 12.4 Å². The number of hydrogen-bond acceptors (Lipinski definition) is 2. The van der Waals surface area contributed by atoms with E-state index in [0.717, 1.165) is 12.1 Å². The minimum atomic E-state index is -0.552. The molecule has 0 radical (unpaired) electrons. The second-order valence-electron chi connectivity index (χ2n) is 4.02. The van der Waals surface area contributed by atoms with Gasteiger partial charge in [-0.3, -0.25) is 0 Å². The van der Waals surface area contributed by atoms with Crippen LogP contribution in [0.4, 0.5) is 14.5 Å². The molecule has 0 bridgehead atoms. The first-order valence-corrected chi connectivity index (χ1v) is 6.90. The summed E-state index contributed by atoms with van der Waals surface area (Å²) < 4.78 is 32.4. The number of rotatable bonds is 4. The van der Waals surface area contributed by atoms with E-state index in [9.17, 15) is 8.78 Å². The van der Waals surface area contributed by atoms with Crippen molar-refractivity contribution in [3.63, 3.8) is 0 Å². The van der Waals surface area contributed by atoms with E-state index in [1.54, 1.807) is 18.2 Å². The van der Waals surface area contributed by atoms with Gasteiger partial charge in [-0.2, -0.15) is 0 Å². The second kappa shape index (κ2) is 6.41. The summed E-state index contributed by atoms with van der Waals surface area (Å²) in [5, 5.41) is 3.31. The Labute approximate surface area is 128 Å². The molecule has 0 unspecified atom stereocenters. The molecule has 1 N–H and O–H groups in total. The largest absolute Gasteiger partial charge is 0.496 e. The van der Waals surface area contributed by atoms with Crippen molar-refractivity contribution >= 4 is 33.2 Å². The van der Waals surface area contributed by atoms with Gasteiger partial charge in [-0.1, -0.05) is 17.7 Å². The molecule has 0 aromatic heterocycles. The average molecular weight is 363 g/mol. The lowest BCUT2D eigenvalue weighted by molar-refractivity contribution is 0.410. The molecule has 0 aliphatic carbocycles. The quantitative estimate of drug-likeness (QED) is 0.773. The maximum atomic E-state index is 13.7. The fourth-order valence-corrected chi connectivity index (χ4v) is 2.29. The molecular weight excluding hydrogens is 352 g/mol. The zero-order valence-corrected chi connectivity index (χ0v) is 12.9. The van der Waals surface area contributed by atoms with E-state index in [0.29, 0.717) is 16.3 Å². The minimum Gasteiger partial charge on any atom is -0.496 e. The van der Waals surface area contributed by atoms with Gasteiger partial charge >= 0.3 is 0 Å². The van der Waals surface area contributed by atoms with Gasteiger partial charge in [-0.05, 0) is 34.1 Å². The second-order valence-corrected chi connectivity index (χ2v) is 5.28. The van der Waals surface area contributed by atoms with Crippen molar-refractivity contribution in [1.82, 2.24) is 0 Å². The summed E-state index contributed by atoms with van der Waals surface area (Å²) in [6.07, 6.45) is 0. The zero-order valence-electron chi connectivity index (χ0n) is 10.5. The van der Waals surface area contributed by atoms with Crippen molar-refractivity contribution in [2.24, 2.45) is 0 Å². The lowest BCUT2D eigenvalue weighted by Gasteiger charge is -2.13. The van der Waals surface area contributed by atoms with Crippen molar-refractivity contribution in [1.29, 1.82) is 0 Å². The molecule has 0 aliphatic rings. The molecule has 106 valence electrons. The maximum absolute atomic E-state index is 13.7. The molecule has 2 nitrogen and oxygen atoms in total. The van der Waals surface area contributed by atoms with E-state index < -0.39 is 11.6 Å². The summed E-state index contributed by atoms with van der Waals surface area (Å²) >= 11 is 9.00. The standard InChI is InChI=1S/C14H11BrClF2NO/c1-20-14-4-2-3-10(16)8(14)7-19-13-6-11(17)9(15)5-12(13)18/h2-6,19H,7H2,1H3. The number of ether oxygens (including phenoxy) is 1. The highest BCUT2D eigenvalue weighted by atomic mass is 79.9. The minimum absolute atomic E-state index is 0.0627. The molecule has 0 fully saturated rings. The number of nitrogens with one attached hydrogen (secondary N) is 1. The van der Waals surface area contributed by atoms with E-state index in [1.165, 1.54) is 7.11 Å². The zero-order chi connectivity index (χ0) is 14.7. The fourth-order valence-electron chi connectivity index (χ4n) is 1.74. The summed E-state index contributed by atoms with van der Waals surface area (Å²) in [6.45, 7) is 0.223. The predicted octanol–water partition coefficient (Wildman–Crippen LogP) is 5.00. The molecule has 0 saturated heterocycles. The number of methoxy groups -OCH3 is 1. The Hall–Kier alpha value is -1.33. The highest BCUT2D eigenvalue weighted by Gasteiger charge is 2.11. The van der Waals surface area contributed by atoms with Crippen molar-refractivity contribution in [3.8, 4) is 5.75 Å². The van der Waals surface area contributed by atoms with Gasteiger partial charge < -0.3 is 10.1 Å². The van der Waals surface area contributed by atoms with Crippen LogP contribution in [0, 0.1) is 11.6 Å². The molecule has 0 amide bonds. The van der Waals surface area contributed by atoms with Crippen LogP contribution in [0.1, 0.15) is 5.56 Å². The van der Waals surface area contributed by atoms with Crippen LogP contribution in [-0.4, -0.2) is 7.11 Å². The van der Waals surface area contributed by atoms with Gasteiger partial charge in [0.15, 0.2) is 0 Å². The van der Waals surface area contributed by atoms with Gasteiger partial charge in [-0.15, -0.1) is 0 Å². The lowest BCUT2D eigenvalue weighted by Crippen LogP contribution is -2.04. The maximum Gasteiger partial charge on any atom is 0.147 e. The van der Waals surface area contributed by atoms with Gasteiger partial charge in [0, 0.05) is 23.2 Å². The molecular formula is C14H11BrClF2NO. The number of halogens is 4. The normalized spacial score (nSPS) is 10.4. The molecule has 0 aliphatic heterocycles. The molecule has 2 rings (SSSR count). The van der Waals surface area contributed by atoms with Crippen LogP contribution < -0.4 is 10.1 Å². The van der Waals surface area contributed by atoms with Gasteiger partial charge in [0.05, 0.1) is 17.3 Å². The van der Waals surface area contributed by atoms with Crippen LogP contribution in [0.15, 0.2) is 34.8 Å². The Balaban J connectivity index is 2.23. The van der Waals surface area contributed by atoms with E-state index in [1.807, 2.05) is 0 Å². The molecule has 20 heavy (non-hydrogen) atoms. The highest BCUT2D eigenvalue weighted by Crippen LogP contribution is 2.28. The molecule has 0 saturated carbocycles. The number of benzene rings is 2.